The Bertz CT molecular complexity index is 317. The molecule has 76 valence electrons. The van der Waals surface area contributed by atoms with E-state index in [0.29, 0.717) is 6.04 Å². The second-order valence-corrected chi connectivity index (χ2v) is 4.25. The fourth-order valence-electron chi connectivity index (χ4n) is 2.19. The lowest BCUT2D eigenvalue weighted by Gasteiger charge is -2.18. The van der Waals surface area contributed by atoms with Gasteiger partial charge >= 0.3 is 0 Å². The third kappa shape index (κ3) is 1.83. The first-order chi connectivity index (χ1) is 6.81. The van der Waals surface area contributed by atoms with E-state index in [9.17, 15) is 0 Å². The van der Waals surface area contributed by atoms with Gasteiger partial charge in [-0.3, -0.25) is 0 Å². The van der Waals surface area contributed by atoms with E-state index in [2.05, 4.69) is 30.4 Å². The normalized spacial score (nSPS) is 17.6. The third-order valence-corrected chi connectivity index (χ3v) is 3.31. The zero-order valence-corrected chi connectivity index (χ0v) is 9.14. The molecular weight excluding hydrogens is 170 g/mol. The van der Waals surface area contributed by atoms with Crippen molar-refractivity contribution in [3.63, 3.8) is 0 Å². The molecule has 0 heterocycles. The lowest BCUT2D eigenvalue weighted by Crippen LogP contribution is -2.13. The summed E-state index contributed by atoms with van der Waals surface area (Å²) in [5, 5.41) is 3.29. The number of hydrogen-bond donors (Lipinski definition) is 1. The Morgan fingerprint density at radius 1 is 1.14 bits per heavy atom. The molecule has 1 aliphatic carbocycles. The summed E-state index contributed by atoms with van der Waals surface area (Å²) in [5.41, 5.74) is 4.58. The molecule has 0 bridgehead atoms. The van der Waals surface area contributed by atoms with Crippen LogP contribution < -0.4 is 5.32 Å². The Morgan fingerprint density at radius 2 is 1.86 bits per heavy atom. The number of fused-ring (bicyclic) bond motifs is 1. The van der Waals surface area contributed by atoms with Gasteiger partial charge in [-0.2, -0.15) is 0 Å². The van der Waals surface area contributed by atoms with Gasteiger partial charge < -0.3 is 5.32 Å². The van der Waals surface area contributed by atoms with Gasteiger partial charge in [-0.25, -0.2) is 0 Å². The molecule has 1 nitrogen and oxygen atoms in total. The predicted octanol–water partition coefficient (Wildman–Crippen LogP) is 2.85. The highest BCUT2D eigenvalue weighted by atomic mass is 14.8. The van der Waals surface area contributed by atoms with Crippen molar-refractivity contribution in [2.45, 2.75) is 38.6 Å². The molecule has 1 aromatic carbocycles. The van der Waals surface area contributed by atoms with Crippen molar-refractivity contribution in [2.24, 2.45) is 0 Å². The first-order valence-electron chi connectivity index (χ1n) is 5.60. The molecule has 0 saturated heterocycles. The van der Waals surface area contributed by atoms with Gasteiger partial charge in [-0.15, -0.1) is 0 Å². The molecular formula is C13H19N. The molecule has 0 aliphatic heterocycles. The van der Waals surface area contributed by atoms with Crippen molar-refractivity contribution < 1.29 is 0 Å². The van der Waals surface area contributed by atoms with Crippen LogP contribution in [-0.2, 0) is 12.8 Å². The van der Waals surface area contributed by atoms with Gasteiger partial charge in [0.2, 0.25) is 0 Å². The third-order valence-electron chi connectivity index (χ3n) is 3.31. The first-order valence-corrected chi connectivity index (χ1v) is 5.60. The van der Waals surface area contributed by atoms with Gasteiger partial charge in [0.25, 0.3) is 0 Å². The monoisotopic (exact) mass is 189 g/mol. The van der Waals surface area contributed by atoms with Crippen LogP contribution in [0.4, 0.5) is 0 Å². The smallest absolute Gasteiger partial charge is 0.0289 e. The van der Waals surface area contributed by atoms with Crippen LogP contribution in [0.2, 0.25) is 0 Å². The van der Waals surface area contributed by atoms with Gasteiger partial charge in [0.05, 0.1) is 0 Å². The molecule has 1 N–H and O–H groups in total. The molecule has 1 aliphatic rings. The topological polar surface area (TPSA) is 12.0 Å². The number of hydrogen-bond acceptors (Lipinski definition) is 1. The van der Waals surface area contributed by atoms with Gasteiger partial charge in [-0.1, -0.05) is 18.2 Å². The second-order valence-electron chi connectivity index (χ2n) is 4.25. The van der Waals surface area contributed by atoms with Gasteiger partial charge in [0.15, 0.2) is 0 Å². The highest BCUT2D eigenvalue weighted by molar-refractivity contribution is 5.34. The highest BCUT2D eigenvalue weighted by Gasteiger charge is 2.11. The van der Waals surface area contributed by atoms with Gasteiger partial charge in [0.1, 0.15) is 0 Å². The lowest BCUT2D eigenvalue weighted by molar-refractivity contribution is 0.643. The van der Waals surface area contributed by atoms with Crippen LogP contribution in [0.25, 0.3) is 0 Å². The van der Waals surface area contributed by atoms with Crippen molar-refractivity contribution in [2.75, 3.05) is 7.05 Å². The first kappa shape index (κ1) is 9.72. The lowest BCUT2D eigenvalue weighted by atomic mass is 9.89. The van der Waals surface area contributed by atoms with Crippen molar-refractivity contribution in [1.82, 2.24) is 5.32 Å². The van der Waals surface area contributed by atoms with Crippen LogP contribution in [0.5, 0.6) is 0 Å². The summed E-state index contributed by atoms with van der Waals surface area (Å²) in [5.74, 6) is 0. The highest BCUT2D eigenvalue weighted by Crippen LogP contribution is 2.24. The molecule has 0 aromatic heterocycles. The number of benzene rings is 1. The summed E-state index contributed by atoms with van der Waals surface area (Å²) >= 11 is 0. The average molecular weight is 189 g/mol. The van der Waals surface area contributed by atoms with Crippen LogP contribution in [0, 0.1) is 0 Å². The number of aryl methyl sites for hydroxylation is 2. The molecule has 0 spiro atoms. The standard InChI is InChI=1S/C13H19N/c1-10(14-2)12-8-7-11-5-3-4-6-13(11)9-12/h7-10,14H,3-6H2,1-2H3/t10-/m0/s1. The van der Waals surface area contributed by atoms with E-state index in [4.69, 9.17) is 0 Å². The Labute approximate surface area is 86.5 Å². The van der Waals surface area contributed by atoms with Crippen molar-refractivity contribution in [3.8, 4) is 0 Å². The molecule has 1 atom stereocenters. The Hall–Kier alpha value is -0.820. The van der Waals surface area contributed by atoms with Gasteiger partial charge in [0, 0.05) is 6.04 Å². The maximum Gasteiger partial charge on any atom is 0.0289 e. The van der Waals surface area contributed by atoms with E-state index < -0.39 is 0 Å². The summed E-state index contributed by atoms with van der Waals surface area (Å²) in [6.07, 6.45) is 5.29. The molecule has 0 amide bonds. The Balaban J connectivity index is 2.29. The van der Waals surface area contributed by atoms with Crippen LogP contribution in [0.3, 0.4) is 0 Å². The molecule has 0 saturated carbocycles. The maximum absolute atomic E-state index is 3.29. The molecule has 0 fully saturated rings. The molecule has 1 aromatic rings. The maximum atomic E-state index is 3.29. The molecule has 0 radical (unpaired) electrons. The number of rotatable bonds is 2. The van der Waals surface area contributed by atoms with E-state index in [-0.39, 0.29) is 0 Å². The van der Waals surface area contributed by atoms with Crippen LogP contribution in [-0.4, -0.2) is 7.05 Å². The van der Waals surface area contributed by atoms with Crippen molar-refractivity contribution >= 4 is 0 Å². The Kier molecular flexibility index (Phi) is 2.87. The molecule has 0 unspecified atom stereocenters. The Morgan fingerprint density at radius 3 is 2.57 bits per heavy atom. The summed E-state index contributed by atoms with van der Waals surface area (Å²) in [6, 6.07) is 7.45. The second kappa shape index (κ2) is 4.14. The SMILES string of the molecule is CN[C@@H](C)c1ccc2c(c1)CCCC2. The van der Waals surface area contributed by atoms with E-state index in [1.165, 1.54) is 31.2 Å². The molecule has 1 heteroatoms. The van der Waals surface area contributed by atoms with Crippen LogP contribution in [0.15, 0.2) is 18.2 Å². The van der Waals surface area contributed by atoms with Gasteiger partial charge in [-0.05, 0) is 56.3 Å². The van der Waals surface area contributed by atoms with Crippen LogP contribution in [0.1, 0.15) is 42.5 Å². The predicted molar refractivity (Wildman–Crippen MR) is 60.6 cm³/mol. The minimum absolute atomic E-state index is 0.474. The zero-order valence-electron chi connectivity index (χ0n) is 9.14. The van der Waals surface area contributed by atoms with E-state index in [0.717, 1.165) is 0 Å². The number of nitrogens with one attached hydrogen (secondary N) is 1. The summed E-state index contributed by atoms with van der Waals surface area (Å²) in [7, 11) is 2.02. The fraction of sp³-hybridized carbons (Fsp3) is 0.538. The minimum Gasteiger partial charge on any atom is -0.313 e. The minimum atomic E-state index is 0.474. The zero-order chi connectivity index (χ0) is 9.97. The van der Waals surface area contributed by atoms with E-state index in [1.807, 2.05) is 7.05 Å². The summed E-state index contributed by atoms with van der Waals surface area (Å²) < 4.78 is 0. The molecule has 14 heavy (non-hydrogen) atoms. The van der Waals surface area contributed by atoms with Crippen molar-refractivity contribution in [1.29, 1.82) is 0 Å². The van der Waals surface area contributed by atoms with E-state index in [1.54, 1.807) is 11.1 Å². The van der Waals surface area contributed by atoms with Crippen LogP contribution >= 0.6 is 0 Å². The van der Waals surface area contributed by atoms with E-state index >= 15 is 0 Å². The molecule has 2 rings (SSSR count). The largest absolute Gasteiger partial charge is 0.313 e. The average Bonchev–Trinajstić information content (AvgIpc) is 2.27. The fourth-order valence-corrected chi connectivity index (χ4v) is 2.19. The van der Waals surface area contributed by atoms with Crippen molar-refractivity contribution in [3.05, 3.63) is 34.9 Å². The summed E-state index contributed by atoms with van der Waals surface area (Å²) in [4.78, 5) is 0. The summed E-state index contributed by atoms with van der Waals surface area (Å²) in [6.45, 7) is 2.21. The quantitative estimate of drug-likeness (QED) is 0.754.